The van der Waals surface area contributed by atoms with E-state index in [1.54, 1.807) is 0 Å². The van der Waals surface area contributed by atoms with Crippen LogP contribution in [0.3, 0.4) is 0 Å². The number of imidazole rings is 1. The highest BCUT2D eigenvalue weighted by molar-refractivity contribution is 4.92. The van der Waals surface area contributed by atoms with Gasteiger partial charge in [-0.15, -0.1) is 0 Å². The number of aromatic nitrogens is 2. The molecule has 1 aromatic rings. The van der Waals surface area contributed by atoms with Crippen LogP contribution >= 0.6 is 0 Å². The van der Waals surface area contributed by atoms with Crippen molar-refractivity contribution in [1.82, 2.24) is 14.9 Å². The van der Waals surface area contributed by atoms with Crippen LogP contribution in [-0.4, -0.2) is 15.6 Å². The topological polar surface area (TPSA) is 29.9 Å². The standard InChI is InChI=1S/C13H23N3/c1-3-16-9-8-14-13(16)10-15-12-7-5-4-6-11(12)2/h8-9,11-12,15H,3-7,10H2,1-2H3. The summed E-state index contributed by atoms with van der Waals surface area (Å²) in [7, 11) is 0. The van der Waals surface area contributed by atoms with E-state index in [9.17, 15) is 0 Å². The Morgan fingerprint density at radius 2 is 2.25 bits per heavy atom. The fourth-order valence-corrected chi connectivity index (χ4v) is 2.64. The minimum absolute atomic E-state index is 0.691. The van der Waals surface area contributed by atoms with E-state index in [1.807, 2.05) is 6.20 Å². The van der Waals surface area contributed by atoms with Crippen LogP contribution in [0, 0.1) is 5.92 Å². The van der Waals surface area contributed by atoms with Crippen LogP contribution in [0.15, 0.2) is 12.4 Å². The highest BCUT2D eigenvalue weighted by atomic mass is 15.1. The second kappa shape index (κ2) is 5.48. The van der Waals surface area contributed by atoms with Crippen molar-refractivity contribution >= 4 is 0 Å². The monoisotopic (exact) mass is 221 g/mol. The van der Waals surface area contributed by atoms with Gasteiger partial charge in [-0.1, -0.05) is 19.8 Å². The van der Waals surface area contributed by atoms with E-state index in [1.165, 1.54) is 31.5 Å². The van der Waals surface area contributed by atoms with E-state index in [2.05, 4.69) is 34.9 Å². The van der Waals surface area contributed by atoms with Gasteiger partial charge in [0, 0.05) is 25.0 Å². The van der Waals surface area contributed by atoms with Crippen molar-refractivity contribution in [2.24, 2.45) is 5.92 Å². The lowest BCUT2D eigenvalue weighted by Crippen LogP contribution is -2.37. The molecular formula is C13H23N3. The van der Waals surface area contributed by atoms with E-state index < -0.39 is 0 Å². The summed E-state index contributed by atoms with van der Waals surface area (Å²) in [6.45, 7) is 6.45. The van der Waals surface area contributed by atoms with Crippen molar-refractivity contribution in [3.63, 3.8) is 0 Å². The normalized spacial score (nSPS) is 25.9. The van der Waals surface area contributed by atoms with Gasteiger partial charge in [-0.25, -0.2) is 4.98 Å². The van der Waals surface area contributed by atoms with Gasteiger partial charge in [-0.2, -0.15) is 0 Å². The van der Waals surface area contributed by atoms with Gasteiger partial charge in [0.15, 0.2) is 0 Å². The highest BCUT2D eigenvalue weighted by Crippen LogP contribution is 2.23. The maximum absolute atomic E-state index is 4.40. The number of hydrogen-bond acceptors (Lipinski definition) is 2. The van der Waals surface area contributed by atoms with Crippen molar-refractivity contribution in [1.29, 1.82) is 0 Å². The van der Waals surface area contributed by atoms with Crippen LogP contribution in [0.25, 0.3) is 0 Å². The Hall–Kier alpha value is -0.830. The molecule has 0 bridgehead atoms. The Morgan fingerprint density at radius 1 is 1.44 bits per heavy atom. The SMILES string of the molecule is CCn1ccnc1CNC1CCCCC1C. The van der Waals surface area contributed by atoms with Gasteiger partial charge < -0.3 is 9.88 Å². The molecule has 3 nitrogen and oxygen atoms in total. The average Bonchev–Trinajstić information content (AvgIpc) is 2.75. The minimum atomic E-state index is 0.691. The lowest BCUT2D eigenvalue weighted by atomic mass is 9.86. The molecule has 2 atom stereocenters. The zero-order valence-electron chi connectivity index (χ0n) is 10.4. The Bertz CT molecular complexity index is 319. The largest absolute Gasteiger partial charge is 0.334 e. The zero-order valence-corrected chi connectivity index (χ0v) is 10.4. The number of nitrogens with one attached hydrogen (secondary N) is 1. The average molecular weight is 221 g/mol. The molecule has 2 unspecified atom stereocenters. The van der Waals surface area contributed by atoms with Crippen molar-refractivity contribution < 1.29 is 0 Å². The van der Waals surface area contributed by atoms with E-state index in [0.29, 0.717) is 6.04 Å². The van der Waals surface area contributed by atoms with Gasteiger partial charge in [0.2, 0.25) is 0 Å². The van der Waals surface area contributed by atoms with Crippen LogP contribution in [0.2, 0.25) is 0 Å². The van der Waals surface area contributed by atoms with Crippen molar-refractivity contribution in [3.8, 4) is 0 Å². The van der Waals surface area contributed by atoms with Crippen LogP contribution in [0.1, 0.15) is 45.4 Å². The molecule has 0 radical (unpaired) electrons. The Balaban J connectivity index is 1.86. The Kier molecular flexibility index (Phi) is 3.99. The minimum Gasteiger partial charge on any atom is -0.334 e. The third kappa shape index (κ3) is 2.64. The molecule has 0 aliphatic heterocycles. The van der Waals surface area contributed by atoms with Crippen molar-refractivity contribution in [2.75, 3.05) is 0 Å². The lowest BCUT2D eigenvalue weighted by molar-refractivity contribution is 0.277. The van der Waals surface area contributed by atoms with Gasteiger partial charge in [0.25, 0.3) is 0 Å². The van der Waals surface area contributed by atoms with Crippen LogP contribution in [0.4, 0.5) is 0 Å². The molecule has 0 saturated heterocycles. The van der Waals surface area contributed by atoms with Crippen LogP contribution in [-0.2, 0) is 13.1 Å². The first-order chi connectivity index (χ1) is 7.81. The first-order valence-electron chi connectivity index (χ1n) is 6.54. The van der Waals surface area contributed by atoms with E-state index >= 15 is 0 Å². The number of hydrogen-bond donors (Lipinski definition) is 1. The molecule has 0 amide bonds. The van der Waals surface area contributed by atoms with Gasteiger partial charge in [-0.3, -0.25) is 0 Å². The predicted molar refractivity (Wildman–Crippen MR) is 66.2 cm³/mol. The highest BCUT2D eigenvalue weighted by Gasteiger charge is 2.20. The summed E-state index contributed by atoms with van der Waals surface area (Å²) in [6.07, 6.45) is 9.44. The Labute approximate surface area is 98.3 Å². The molecule has 1 aliphatic rings. The van der Waals surface area contributed by atoms with E-state index in [4.69, 9.17) is 0 Å². The molecule has 16 heavy (non-hydrogen) atoms. The molecule has 1 fully saturated rings. The van der Waals surface area contributed by atoms with Gasteiger partial charge >= 0.3 is 0 Å². The second-order valence-electron chi connectivity index (χ2n) is 4.88. The fraction of sp³-hybridized carbons (Fsp3) is 0.769. The van der Waals surface area contributed by atoms with Gasteiger partial charge in [0.1, 0.15) is 5.82 Å². The van der Waals surface area contributed by atoms with Crippen LogP contribution < -0.4 is 5.32 Å². The molecule has 1 aliphatic carbocycles. The Morgan fingerprint density at radius 3 is 3.00 bits per heavy atom. The second-order valence-corrected chi connectivity index (χ2v) is 4.88. The summed E-state index contributed by atoms with van der Waals surface area (Å²) in [5.74, 6) is 1.99. The third-order valence-electron chi connectivity index (χ3n) is 3.78. The summed E-state index contributed by atoms with van der Waals surface area (Å²) >= 11 is 0. The number of rotatable bonds is 4. The molecular weight excluding hydrogens is 198 g/mol. The van der Waals surface area contributed by atoms with E-state index in [-0.39, 0.29) is 0 Å². The first-order valence-corrected chi connectivity index (χ1v) is 6.54. The number of nitrogens with zero attached hydrogens (tertiary/aromatic N) is 2. The zero-order chi connectivity index (χ0) is 11.4. The van der Waals surface area contributed by atoms with Gasteiger partial charge in [-0.05, 0) is 25.7 Å². The molecule has 2 rings (SSSR count). The van der Waals surface area contributed by atoms with Gasteiger partial charge in [0.05, 0.1) is 6.54 Å². The summed E-state index contributed by atoms with van der Waals surface area (Å²) in [4.78, 5) is 4.40. The summed E-state index contributed by atoms with van der Waals surface area (Å²) < 4.78 is 2.21. The third-order valence-corrected chi connectivity index (χ3v) is 3.78. The molecule has 1 saturated carbocycles. The maximum Gasteiger partial charge on any atom is 0.122 e. The van der Waals surface area contributed by atoms with E-state index in [0.717, 1.165) is 19.0 Å². The summed E-state index contributed by atoms with van der Waals surface area (Å²) in [5, 5.41) is 3.67. The summed E-state index contributed by atoms with van der Waals surface area (Å²) in [5.41, 5.74) is 0. The van der Waals surface area contributed by atoms with Crippen molar-refractivity contribution in [2.45, 2.75) is 58.7 Å². The molecule has 1 N–H and O–H groups in total. The molecule has 0 spiro atoms. The quantitative estimate of drug-likeness (QED) is 0.847. The smallest absolute Gasteiger partial charge is 0.122 e. The molecule has 3 heteroatoms. The molecule has 0 aromatic carbocycles. The van der Waals surface area contributed by atoms with Crippen LogP contribution in [0.5, 0.6) is 0 Å². The predicted octanol–water partition coefficient (Wildman–Crippen LogP) is 2.57. The molecule has 90 valence electrons. The maximum atomic E-state index is 4.40. The first kappa shape index (κ1) is 11.6. The molecule has 1 aromatic heterocycles. The lowest BCUT2D eigenvalue weighted by Gasteiger charge is -2.29. The fourth-order valence-electron chi connectivity index (χ4n) is 2.64. The number of aryl methyl sites for hydroxylation is 1. The molecule has 1 heterocycles. The van der Waals surface area contributed by atoms with Crippen molar-refractivity contribution in [3.05, 3.63) is 18.2 Å². The summed E-state index contributed by atoms with van der Waals surface area (Å²) in [6, 6.07) is 0.691.